The molecule has 0 spiro atoms. The van der Waals surface area contributed by atoms with Crippen LogP contribution in [0.1, 0.15) is 32.3 Å². The zero-order valence-corrected chi connectivity index (χ0v) is 16.8. The summed E-state index contributed by atoms with van der Waals surface area (Å²) in [6.07, 6.45) is 3.09. The number of nitrogens with zero attached hydrogens (tertiary/aromatic N) is 5. The van der Waals surface area contributed by atoms with E-state index in [1.54, 1.807) is 11.1 Å². The molecule has 1 aliphatic rings. The van der Waals surface area contributed by atoms with E-state index >= 15 is 0 Å². The number of nitrogens with one attached hydrogen (secondary N) is 1. The predicted octanol–water partition coefficient (Wildman–Crippen LogP) is 3.37. The standard InChI is InChI=1S/C20H28N6O2/c1-4-26(17-8-6-7-15(3)13-17)19-23-18(14-21-24-19)22-16-9-11-25(12-10-16)20(27)28-5-2/h6-8,13-14,16H,4-5,9-12H2,1-3H3,(H,22,23,24). The summed E-state index contributed by atoms with van der Waals surface area (Å²) < 4.78 is 5.07. The van der Waals surface area contributed by atoms with Crippen molar-refractivity contribution in [2.75, 3.05) is 36.5 Å². The number of carbonyl (C=O) groups excluding carboxylic acids is 1. The molecule has 150 valence electrons. The van der Waals surface area contributed by atoms with E-state index in [4.69, 9.17) is 4.74 Å². The number of hydrogen-bond donors (Lipinski definition) is 1. The molecule has 2 aromatic rings. The van der Waals surface area contributed by atoms with Gasteiger partial charge in [-0.15, -0.1) is 5.10 Å². The fraction of sp³-hybridized carbons (Fsp3) is 0.500. The van der Waals surface area contributed by atoms with Crippen LogP contribution in [0.15, 0.2) is 30.5 Å². The Morgan fingerprint density at radius 3 is 2.79 bits per heavy atom. The van der Waals surface area contributed by atoms with Gasteiger partial charge in [0.25, 0.3) is 5.95 Å². The summed E-state index contributed by atoms with van der Waals surface area (Å²) in [7, 11) is 0. The zero-order chi connectivity index (χ0) is 19.9. The molecule has 0 radical (unpaired) electrons. The van der Waals surface area contributed by atoms with Crippen LogP contribution in [-0.2, 0) is 4.74 Å². The van der Waals surface area contributed by atoms with Gasteiger partial charge < -0.3 is 19.9 Å². The van der Waals surface area contributed by atoms with Crippen molar-refractivity contribution in [1.29, 1.82) is 0 Å². The molecular formula is C20H28N6O2. The van der Waals surface area contributed by atoms with Crippen LogP contribution in [0, 0.1) is 6.92 Å². The maximum atomic E-state index is 11.8. The number of ether oxygens (including phenoxy) is 1. The minimum atomic E-state index is -0.233. The molecule has 1 aliphatic heterocycles. The van der Waals surface area contributed by atoms with Gasteiger partial charge in [-0.05, 0) is 51.3 Å². The smallest absolute Gasteiger partial charge is 0.409 e. The van der Waals surface area contributed by atoms with Crippen LogP contribution in [0.3, 0.4) is 0 Å². The summed E-state index contributed by atoms with van der Waals surface area (Å²) in [5.74, 6) is 1.27. The Hall–Kier alpha value is -2.90. The number of likely N-dealkylation sites (tertiary alicyclic amines) is 1. The molecule has 0 atom stereocenters. The Morgan fingerprint density at radius 1 is 1.32 bits per heavy atom. The van der Waals surface area contributed by atoms with E-state index in [-0.39, 0.29) is 12.1 Å². The Bertz CT molecular complexity index is 792. The Kier molecular flexibility index (Phi) is 6.62. The monoisotopic (exact) mass is 384 g/mol. The van der Waals surface area contributed by atoms with Crippen LogP contribution in [-0.4, -0.2) is 58.5 Å². The molecule has 1 N–H and O–H groups in total. The second-order valence-corrected chi connectivity index (χ2v) is 6.83. The lowest BCUT2D eigenvalue weighted by molar-refractivity contribution is 0.0983. The first kappa shape index (κ1) is 19.9. The van der Waals surface area contributed by atoms with E-state index in [2.05, 4.69) is 46.5 Å². The largest absolute Gasteiger partial charge is 0.450 e. The van der Waals surface area contributed by atoms with Crippen molar-refractivity contribution in [2.45, 2.75) is 39.7 Å². The predicted molar refractivity (Wildman–Crippen MR) is 109 cm³/mol. The Morgan fingerprint density at radius 2 is 2.11 bits per heavy atom. The van der Waals surface area contributed by atoms with Gasteiger partial charge in [0.2, 0.25) is 0 Å². The van der Waals surface area contributed by atoms with Crippen LogP contribution in [0.5, 0.6) is 0 Å². The highest BCUT2D eigenvalue weighted by atomic mass is 16.6. The van der Waals surface area contributed by atoms with Gasteiger partial charge in [0.1, 0.15) is 0 Å². The third-order valence-corrected chi connectivity index (χ3v) is 4.79. The lowest BCUT2D eigenvalue weighted by Gasteiger charge is -2.31. The summed E-state index contributed by atoms with van der Waals surface area (Å²) >= 11 is 0. The molecule has 8 heteroatoms. The minimum absolute atomic E-state index is 0.233. The third kappa shape index (κ3) is 4.88. The highest BCUT2D eigenvalue weighted by molar-refractivity contribution is 5.67. The van der Waals surface area contributed by atoms with Crippen molar-refractivity contribution in [3.8, 4) is 0 Å². The third-order valence-electron chi connectivity index (χ3n) is 4.79. The number of rotatable bonds is 6. The van der Waals surface area contributed by atoms with E-state index in [9.17, 15) is 4.79 Å². The fourth-order valence-electron chi connectivity index (χ4n) is 3.34. The lowest BCUT2D eigenvalue weighted by Crippen LogP contribution is -2.42. The second-order valence-electron chi connectivity index (χ2n) is 6.83. The zero-order valence-electron chi connectivity index (χ0n) is 16.8. The molecule has 1 aromatic carbocycles. The van der Waals surface area contributed by atoms with Crippen LogP contribution < -0.4 is 10.2 Å². The fourth-order valence-corrected chi connectivity index (χ4v) is 3.34. The van der Waals surface area contributed by atoms with Crippen molar-refractivity contribution < 1.29 is 9.53 Å². The van der Waals surface area contributed by atoms with E-state index in [0.29, 0.717) is 31.5 Å². The molecule has 28 heavy (non-hydrogen) atoms. The summed E-state index contributed by atoms with van der Waals surface area (Å²) in [5, 5.41) is 11.8. The highest BCUT2D eigenvalue weighted by Crippen LogP contribution is 2.23. The van der Waals surface area contributed by atoms with Crippen LogP contribution >= 0.6 is 0 Å². The second kappa shape index (κ2) is 9.34. The molecule has 0 unspecified atom stereocenters. The number of hydrogen-bond acceptors (Lipinski definition) is 7. The van der Waals surface area contributed by atoms with Gasteiger partial charge >= 0.3 is 6.09 Å². The quantitative estimate of drug-likeness (QED) is 0.817. The number of anilines is 3. The average molecular weight is 384 g/mol. The van der Waals surface area contributed by atoms with E-state index in [1.165, 1.54) is 5.56 Å². The summed E-state index contributed by atoms with van der Waals surface area (Å²) in [5.41, 5.74) is 2.23. The summed E-state index contributed by atoms with van der Waals surface area (Å²) in [6, 6.07) is 8.49. The first-order chi connectivity index (χ1) is 13.6. The average Bonchev–Trinajstić information content (AvgIpc) is 2.70. The van der Waals surface area contributed by atoms with E-state index < -0.39 is 0 Å². The van der Waals surface area contributed by atoms with Crippen molar-refractivity contribution in [3.05, 3.63) is 36.0 Å². The molecule has 3 rings (SSSR count). The Balaban J connectivity index is 1.64. The first-order valence-corrected chi connectivity index (χ1v) is 9.82. The maximum Gasteiger partial charge on any atom is 0.409 e. The number of aromatic nitrogens is 3. The van der Waals surface area contributed by atoms with Gasteiger partial charge in [0.15, 0.2) is 5.82 Å². The van der Waals surface area contributed by atoms with Gasteiger partial charge in [-0.2, -0.15) is 10.1 Å². The highest BCUT2D eigenvalue weighted by Gasteiger charge is 2.24. The summed E-state index contributed by atoms with van der Waals surface area (Å²) in [6.45, 7) is 8.45. The van der Waals surface area contributed by atoms with E-state index in [1.807, 2.05) is 24.0 Å². The van der Waals surface area contributed by atoms with Crippen molar-refractivity contribution >= 4 is 23.5 Å². The first-order valence-electron chi connectivity index (χ1n) is 9.82. The molecule has 1 fully saturated rings. The van der Waals surface area contributed by atoms with Crippen molar-refractivity contribution in [2.24, 2.45) is 0 Å². The Labute approximate surface area is 165 Å². The van der Waals surface area contributed by atoms with Crippen LogP contribution in [0.4, 0.5) is 22.2 Å². The molecule has 0 bridgehead atoms. The van der Waals surface area contributed by atoms with Gasteiger partial charge in [0, 0.05) is 31.4 Å². The van der Waals surface area contributed by atoms with Crippen molar-refractivity contribution in [3.63, 3.8) is 0 Å². The maximum absolute atomic E-state index is 11.8. The van der Waals surface area contributed by atoms with Gasteiger partial charge in [-0.3, -0.25) is 0 Å². The van der Waals surface area contributed by atoms with Gasteiger partial charge in [-0.1, -0.05) is 12.1 Å². The van der Waals surface area contributed by atoms with Gasteiger partial charge in [-0.25, -0.2) is 4.79 Å². The SMILES string of the molecule is CCOC(=O)N1CCC(Nc2cnnc(N(CC)c3cccc(C)c3)n2)CC1. The number of piperidine rings is 1. The molecule has 1 amide bonds. The molecular weight excluding hydrogens is 356 g/mol. The van der Waals surface area contributed by atoms with Gasteiger partial charge in [0.05, 0.1) is 12.8 Å². The number of benzene rings is 1. The van der Waals surface area contributed by atoms with Crippen molar-refractivity contribution in [1.82, 2.24) is 20.1 Å². The number of amides is 1. The van der Waals surface area contributed by atoms with E-state index in [0.717, 1.165) is 25.1 Å². The molecule has 0 aliphatic carbocycles. The molecule has 0 saturated carbocycles. The van der Waals surface area contributed by atoms with Crippen LogP contribution in [0.25, 0.3) is 0 Å². The molecule has 1 saturated heterocycles. The molecule has 1 aromatic heterocycles. The molecule has 8 nitrogen and oxygen atoms in total. The lowest BCUT2D eigenvalue weighted by atomic mass is 10.1. The molecule has 2 heterocycles. The topological polar surface area (TPSA) is 83.5 Å². The number of carbonyl (C=O) groups is 1. The summed E-state index contributed by atoms with van der Waals surface area (Å²) in [4.78, 5) is 20.3. The minimum Gasteiger partial charge on any atom is -0.450 e. The van der Waals surface area contributed by atoms with Crippen LogP contribution in [0.2, 0.25) is 0 Å². The normalized spacial score (nSPS) is 14.6. The number of aryl methyl sites for hydroxylation is 1.